The van der Waals surface area contributed by atoms with Gasteiger partial charge in [0.1, 0.15) is 0 Å². The summed E-state index contributed by atoms with van der Waals surface area (Å²) < 4.78 is 5.52. The van der Waals surface area contributed by atoms with Crippen molar-refractivity contribution in [2.45, 2.75) is 38.7 Å². The molecule has 18 heavy (non-hydrogen) atoms. The summed E-state index contributed by atoms with van der Waals surface area (Å²) in [5, 5.41) is 11.2. The number of nitrogens with zero attached hydrogens (tertiary/aromatic N) is 1. The van der Waals surface area contributed by atoms with Gasteiger partial charge in [-0.1, -0.05) is 0 Å². The first-order valence-electron chi connectivity index (χ1n) is 6.49. The van der Waals surface area contributed by atoms with Crippen molar-refractivity contribution < 1.29 is 19.4 Å². The number of piperidine rings is 1. The van der Waals surface area contributed by atoms with Crippen molar-refractivity contribution in [2.75, 3.05) is 26.2 Å². The number of hydrogen-bond donors (Lipinski definition) is 2. The molecule has 0 radical (unpaired) electrons. The number of ether oxygens (including phenoxy) is 1. The number of carboxylic acid groups (broad SMARTS) is 1. The summed E-state index contributed by atoms with van der Waals surface area (Å²) in [4.78, 5) is 23.9. The zero-order valence-electron chi connectivity index (χ0n) is 10.9. The van der Waals surface area contributed by atoms with Crippen LogP contribution in [0.25, 0.3) is 0 Å². The average molecular weight is 258 g/mol. The van der Waals surface area contributed by atoms with E-state index < -0.39 is 5.97 Å². The molecule has 0 aromatic heterocycles. The van der Waals surface area contributed by atoms with Gasteiger partial charge in [0.15, 0.2) is 0 Å². The molecular weight excluding hydrogens is 236 g/mol. The van der Waals surface area contributed by atoms with Crippen molar-refractivity contribution >= 4 is 12.0 Å². The van der Waals surface area contributed by atoms with Gasteiger partial charge in [-0.05, 0) is 26.2 Å². The van der Waals surface area contributed by atoms with Crippen LogP contribution in [-0.2, 0) is 9.53 Å². The summed E-state index contributed by atoms with van der Waals surface area (Å²) in [6, 6.07) is -0.121. The highest BCUT2D eigenvalue weighted by Crippen LogP contribution is 2.13. The monoisotopic (exact) mass is 258 g/mol. The second-order valence-corrected chi connectivity index (χ2v) is 4.39. The molecule has 0 bridgehead atoms. The Balaban J connectivity index is 2.21. The zero-order chi connectivity index (χ0) is 13.4. The van der Waals surface area contributed by atoms with E-state index in [0.717, 1.165) is 19.4 Å². The van der Waals surface area contributed by atoms with E-state index in [0.29, 0.717) is 26.1 Å². The molecule has 1 heterocycles. The van der Waals surface area contributed by atoms with E-state index in [-0.39, 0.29) is 18.6 Å². The van der Waals surface area contributed by atoms with E-state index in [1.165, 1.54) is 0 Å². The summed E-state index contributed by atoms with van der Waals surface area (Å²) >= 11 is 0. The summed E-state index contributed by atoms with van der Waals surface area (Å²) in [7, 11) is 0. The maximum Gasteiger partial charge on any atom is 0.317 e. The quantitative estimate of drug-likeness (QED) is 0.698. The zero-order valence-corrected chi connectivity index (χ0v) is 10.9. The number of carbonyl (C=O) groups is 2. The second kappa shape index (κ2) is 7.92. The van der Waals surface area contributed by atoms with Crippen LogP contribution in [0.2, 0.25) is 0 Å². The summed E-state index contributed by atoms with van der Waals surface area (Å²) in [6.07, 6.45) is 2.63. The van der Waals surface area contributed by atoms with Gasteiger partial charge in [-0.25, -0.2) is 4.79 Å². The van der Waals surface area contributed by atoms with Gasteiger partial charge in [-0.2, -0.15) is 0 Å². The molecule has 2 N–H and O–H groups in total. The predicted octanol–water partition coefficient (Wildman–Crippen LogP) is 1.06. The van der Waals surface area contributed by atoms with Gasteiger partial charge < -0.3 is 20.1 Å². The van der Waals surface area contributed by atoms with Gasteiger partial charge in [0, 0.05) is 32.7 Å². The Labute approximate surface area is 107 Å². The van der Waals surface area contributed by atoms with Gasteiger partial charge in [0.2, 0.25) is 0 Å². The van der Waals surface area contributed by atoms with E-state index in [2.05, 4.69) is 5.32 Å². The van der Waals surface area contributed by atoms with E-state index >= 15 is 0 Å². The largest absolute Gasteiger partial charge is 0.481 e. The fourth-order valence-electron chi connectivity index (χ4n) is 2.04. The lowest BCUT2D eigenvalue weighted by atomic mass is 10.1. The molecule has 2 amide bonds. The Morgan fingerprint density at radius 3 is 2.94 bits per heavy atom. The van der Waals surface area contributed by atoms with Crippen LogP contribution in [0.15, 0.2) is 0 Å². The molecule has 0 saturated carbocycles. The molecule has 1 unspecified atom stereocenters. The summed E-state index contributed by atoms with van der Waals surface area (Å²) in [5.41, 5.74) is 0. The number of carbonyl (C=O) groups excluding carboxylic acids is 1. The maximum absolute atomic E-state index is 11.8. The van der Waals surface area contributed by atoms with E-state index in [4.69, 9.17) is 9.84 Å². The first-order chi connectivity index (χ1) is 8.63. The number of carboxylic acids is 1. The minimum Gasteiger partial charge on any atom is -0.481 e. The van der Waals surface area contributed by atoms with Crippen LogP contribution in [0.5, 0.6) is 0 Å². The number of amides is 2. The number of aliphatic carboxylic acids is 1. The number of urea groups is 1. The minimum atomic E-state index is -0.835. The van der Waals surface area contributed by atoms with Crippen LogP contribution in [0.1, 0.15) is 32.6 Å². The van der Waals surface area contributed by atoms with Crippen LogP contribution in [0.3, 0.4) is 0 Å². The van der Waals surface area contributed by atoms with E-state index in [1.807, 2.05) is 6.92 Å². The standard InChI is InChI=1S/C12H22N2O4/c1-2-18-10-5-4-8-14(9-10)12(17)13-7-3-6-11(15)16/h10H,2-9H2,1H3,(H,13,17)(H,15,16). The lowest BCUT2D eigenvalue weighted by Crippen LogP contribution is -2.48. The maximum atomic E-state index is 11.8. The highest BCUT2D eigenvalue weighted by molar-refractivity contribution is 5.74. The predicted molar refractivity (Wildman–Crippen MR) is 66.5 cm³/mol. The topological polar surface area (TPSA) is 78.9 Å². The van der Waals surface area contributed by atoms with Gasteiger partial charge in [0.05, 0.1) is 6.10 Å². The van der Waals surface area contributed by atoms with Crippen molar-refractivity contribution in [3.8, 4) is 0 Å². The number of rotatable bonds is 6. The molecule has 0 aromatic carbocycles. The third kappa shape index (κ3) is 5.35. The second-order valence-electron chi connectivity index (χ2n) is 4.39. The van der Waals surface area contributed by atoms with Gasteiger partial charge in [-0.3, -0.25) is 4.79 Å². The molecule has 6 nitrogen and oxygen atoms in total. The highest BCUT2D eigenvalue weighted by Gasteiger charge is 2.23. The first-order valence-corrected chi connectivity index (χ1v) is 6.49. The SMILES string of the molecule is CCOC1CCCN(C(=O)NCCCC(=O)O)C1. The molecule has 1 aliphatic rings. The fraction of sp³-hybridized carbons (Fsp3) is 0.833. The van der Waals surface area contributed by atoms with Crippen LogP contribution in [-0.4, -0.2) is 54.4 Å². The third-order valence-corrected chi connectivity index (χ3v) is 2.91. The molecule has 1 aliphatic heterocycles. The van der Waals surface area contributed by atoms with Crippen molar-refractivity contribution in [3.63, 3.8) is 0 Å². The molecular formula is C12H22N2O4. The Hall–Kier alpha value is -1.30. The Morgan fingerprint density at radius 1 is 1.50 bits per heavy atom. The molecule has 0 aliphatic carbocycles. The van der Waals surface area contributed by atoms with Crippen LogP contribution < -0.4 is 5.32 Å². The van der Waals surface area contributed by atoms with Crippen molar-refractivity contribution in [2.24, 2.45) is 0 Å². The van der Waals surface area contributed by atoms with E-state index in [1.54, 1.807) is 4.90 Å². The van der Waals surface area contributed by atoms with Crippen molar-refractivity contribution in [1.82, 2.24) is 10.2 Å². The van der Waals surface area contributed by atoms with Crippen molar-refractivity contribution in [3.05, 3.63) is 0 Å². The lowest BCUT2D eigenvalue weighted by molar-refractivity contribution is -0.137. The normalized spacial score (nSPS) is 19.6. The fourth-order valence-corrected chi connectivity index (χ4v) is 2.04. The van der Waals surface area contributed by atoms with Gasteiger partial charge >= 0.3 is 12.0 Å². The van der Waals surface area contributed by atoms with Gasteiger partial charge in [0.25, 0.3) is 0 Å². The Bertz CT molecular complexity index is 281. The molecule has 1 rings (SSSR count). The molecule has 6 heteroatoms. The average Bonchev–Trinajstić information content (AvgIpc) is 2.35. The summed E-state index contributed by atoms with van der Waals surface area (Å²) in [6.45, 7) is 4.39. The van der Waals surface area contributed by atoms with E-state index in [9.17, 15) is 9.59 Å². The Kier molecular flexibility index (Phi) is 6.49. The molecule has 1 atom stereocenters. The molecule has 104 valence electrons. The van der Waals surface area contributed by atoms with Crippen LogP contribution in [0.4, 0.5) is 4.79 Å². The summed E-state index contributed by atoms with van der Waals surface area (Å²) in [5.74, 6) is -0.835. The van der Waals surface area contributed by atoms with Crippen molar-refractivity contribution in [1.29, 1.82) is 0 Å². The van der Waals surface area contributed by atoms with Crippen LogP contribution >= 0.6 is 0 Å². The molecule has 1 saturated heterocycles. The molecule has 0 spiro atoms. The number of hydrogen-bond acceptors (Lipinski definition) is 3. The van der Waals surface area contributed by atoms with Gasteiger partial charge in [-0.15, -0.1) is 0 Å². The third-order valence-electron chi connectivity index (χ3n) is 2.91. The minimum absolute atomic E-state index is 0.0852. The Morgan fingerprint density at radius 2 is 2.28 bits per heavy atom. The molecule has 0 aromatic rings. The van der Waals surface area contributed by atoms with Crippen LogP contribution in [0, 0.1) is 0 Å². The lowest BCUT2D eigenvalue weighted by Gasteiger charge is -2.32. The first kappa shape index (κ1) is 14.8. The number of nitrogens with one attached hydrogen (secondary N) is 1. The number of likely N-dealkylation sites (tertiary alicyclic amines) is 1. The smallest absolute Gasteiger partial charge is 0.317 e. The molecule has 1 fully saturated rings. The highest BCUT2D eigenvalue weighted by atomic mass is 16.5.